The molecule has 0 saturated carbocycles. The molecule has 2 heterocycles. The minimum Gasteiger partial charge on any atom is -0.454 e. The Balaban J connectivity index is 1.75. The molecule has 5 heteroatoms. The number of ether oxygens (including phenoxy) is 2. The predicted molar refractivity (Wildman–Crippen MR) is 58.6 cm³/mol. The first kappa shape index (κ1) is 10.4. The number of carbonyl (C=O) groups excluding carboxylic acids is 1. The van der Waals surface area contributed by atoms with Crippen LogP contribution in [-0.4, -0.2) is 35.4 Å². The number of fused-ring (bicyclic) bond motifs is 1. The van der Waals surface area contributed by atoms with E-state index in [-0.39, 0.29) is 12.7 Å². The van der Waals surface area contributed by atoms with E-state index >= 15 is 0 Å². The first-order chi connectivity index (χ1) is 8.24. The zero-order valence-electron chi connectivity index (χ0n) is 9.26. The van der Waals surface area contributed by atoms with Crippen LogP contribution in [0.3, 0.4) is 0 Å². The predicted octanol–water partition coefficient (Wildman–Crippen LogP) is 0.508. The Kier molecular flexibility index (Phi) is 2.40. The number of hydrogen-bond donors (Lipinski definition) is 1. The van der Waals surface area contributed by atoms with Crippen LogP contribution in [-0.2, 0) is 11.3 Å². The smallest absolute Gasteiger partial charge is 0.251 e. The van der Waals surface area contributed by atoms with Crippen LogP contribution in [0.2, 0.25) is 0 Å². The molecule has 0 bridgehead atoms. The molecule has 3 rings (SSSR count). The highest BCUT2D eigenvalue weighted by Crippen LogP contribution is 2.33. The van der Waals surface area contributed by atoms with Crippen molar-refractivity contribution in [1.29, 1.82) is 0 Å². The molecule has 1 aromatic carbocycles. The molecule has 2 aliphatic heterocycles. The van der Waals surface area contributed by atoms with E-state index in [0.29, 0.717) is 19.5 Å². The van der Waals surface area contributed by atoms with Crippen molar-refractivity contribution >= 4 is 5.91 Å². The molecule has 0 radical (unpaired) electrons. The fourth-order valence-electron chi connectivity index (χ4n) is 2.14. The molecule has 5 nitrogen and oxygen atoms in total. The molecule has 1 saturated heterocycles. The molecule has 1 aromatic rings. The second-order valence-corrected chi connectivity index (χ2v) is 4.25. The summed E-state index contributed by atoms with van der Waals surface area (Å²) in [6.07, 6.45) is -0.312. The van der Waals surface area contributed by atoms with Gasteiger partial charge < -0.3 is 19.5 Å². The highest BCUT2D eigenvalue weighted by molar-refractivity contribution is 5.82. The second-order valence-electron chi connectivity index (χ2n) is 4.25. The Morgan fingerprint density at radius 1 is 1.35 bits per heavy atom. The van der Waals surface area contributed by atoms with E-state index in [4.69, 9.17) is 9.47 Å². The third-order valence-electron chi connectivity index (χ3n) is 3.08. The quantitative estimate of drug-likeness (QED) is 0.811. The SMILES string of the molecule is O=C1C(O)CCN1Cc1ccc2c(c1)OCO2. The van der Waals surface area contributed by atoms with Crippen LogP contribution in [0.5, 0.6) is 11.5 Å². The van der Waals surface area contributed by atoms with Gasteiger partial charge in [-0.05, 0) is 24.1 Å². The van der Waals surface area contributed by atoms with Gasteiger partial charge in [-0.3, -0.25) is 4.79 Å². The lowest BCUT2D eigenvalue weighted by Gasteiger charge is -2.15. The number of rotatable bonds is 2. The summed E-state index contributed by atoms with van der Waals surface area (Å²) in [6.45, 7) is 1.36. The van der Waals surface area contributed by atoms with Gasteiger partial charge >= 0.3 is 0 Å². The summed E-state index contributed by atoms with van der Waals surface area (Å²) in [5.41, 5.74) is 0.983. The Hall–Kier alpha value is -1.75. The Morgan fingerprint density at radius 2 is 2.18 bits per heavy atom. The zero-order chi connectivity index (χ0) is 11.8. The van der Waals surface area contributed by atoms with E-state index in [1.54, 1.807) is 4.90 Å². The van der Waals surface area contributed by atoms with Crippen LogP contribution < -0.4 is 9.47 Å². The molecule has 1 unspecified atom stereocenters. The van der Waals surface area contributed by atoms with Gasteiger partial charge in [0.15, 0.2) is 11.5 Å². The Labute approximate surface area is 98.6 Å². The van der Waals surface area contributed by atoms with Crippen molar-refractivity contribution in [3.8, 4) is 11.5 Å². The number of amides is 1. The second kappa shape index (κ2) is 3.92. The maximum Gasteiger partial charge on any atom is 0.251 e. The molecular formula is C12H13NO4. The molecule has 1 N–H and O–H groups in total. The maximum absolute atomic E-state index is 11.6. The lowest BCUT2D eigenvalue weighted by Crippen LogP contribution is -2.28. The third-order valence-corrected chi connectivity index (χ3v) is 3.08. The van der Waals surface area contributed by atoms with Crippen LogP contribution in [0.1, 0.15) is 12.0 Å². The first-order valence-electron chi connectivity index (χ1n) is 5.59. The number of aliphatic hydroxyl groups is 1. The summed E-state index contributed by atoms with van der Waals surface area (Å²) in [4.78, 5) is 13.2. The number of benzene rings is 1. The van der Waals surface area contributed by atoms with E-state index < -0.39 is 6.10 Å². The molecule has 0 aliphatic carbocycles. The zero-order valence-corrected chi connectivity index (χ0v) is 9.26. The van der Waals surface area contributed by atoms with Crippen molar-refractivity contribution in [2.24, 2.45) is 0 Å². The highest BCUT2D eigenvalue weighted by atomic mass is 16.7. The standard InChI is InChI=1S/C12H13NO4/c14-9-3-4-13(12(9)15)6-8-1-2-10-11(5-8)17-7-16-10/h1-2,5,9,14H,3-4,6-7H2. The Morgan fingerprint density at radius 3 is 2.94 bits per heavy atom. The van der Waals surface area contributed by atoms with Crippen LogP contribution in [0.15, 0.2) is 18.2 Å². The summed E-state index contributed by atoms with van der Waals surface area (Å²) < 4.78 is 10.5. The number of aliphatic hydroxyl groups excluding tert-OH is 1. The first-order valence-corrected chi connectivity index (χ1v) is 5.59. The van der Waals surface area contributed by atoms with Gasteiger partial charge in [-0.15, -0.1) is 0 Å². The van der Waals surface area contributed by atoms with Gasteiger partial charge in [-0.2, -0.15) is 0 Å². The molecular weight excluding hydrogens is 222 g/mol. The van der Waals surface area contributed by atoms with E-state index in [1.165, 1.54) is 0 Å². The average molecular weight is 235 g/mol. The van der Waals surface area contributed by atoms with Crippen LogP contribution >= 0.6 is 0 Å². The van der Waals surface area contributed by atoms with Crippen molar-refractivity contribution in [3.05, 3.63) is 23.8 Å². The fourth-order valence-corrected chi connectivity index (χ4v) is 2.14. The average Bonchev–Trinajstić information content (AvgIpc) is 2.90. The summed E-state index contributed by atoms with van der Waals surface area (Å²) >= 11 is 0. The van der Waals surface area contributed by atoms with Crippen molar-refractivity contribution in [3.63, 3.8) is 0 Å². The van der Waals surface area contributed by atoms with Gasteiger partial charge in [0.05, 0.1) is 0 Å². The summed E-state index contributed by atoms with van der Waals surface area (Å²) in [6, 6.07) is 5.63. The minimum atomic E-state index is -0.830. The monoisotopic (exact) mass is 235 g/mol. The van der Waals surface area contributed by atoms with Gasteiger partial charge in [0.2, 0.25) is 6.79 Å². The summed E-state index contributed by atoms with van der Waals surface area (Å²) in [7, 11) is 0. The van der Waals surface area contributed by atoms with Gasteiger partial charge in [0.25, 0.3) is 5.91 Å². The van der Waals surface area contributed by atoms with Gasteiger partial charge in [-0.25, -0.2) is 0 Å². The molecule has 0 spiro atoms. The number of likely N-dealkylation sites (tertiary alicyclic amines) is 1. The topological polar surface area (TPSA) is 59.0 Å². The van der Waals surface area contributed by atoms with Gasteiger partial charge in [0, 0.05) is 13.1 Å². The molecule has 1 atom stereocenters. The molecule has 17 heavy (non-hydrogen) atoms. The Bertz CT molecular complexity index is 460. The van der Waals surface area contributed by atoms with Crippen molar-refractivity contribution in [2.45, 2.75) is 19.1 Å². The van der Waals surface area contributed by atoms with Gasteiger partial charge in [0.1, 0.15) is 6.10 Å². The highest BCUT2D eigenvalue weighted by Gasteiger charge is 2.29. The van der Waals surface area contributed by atoms with Crippen molar-refractivity contribution < 1.29 is 19.4 Å². The normalized spacial score (nSPS) is 22.3. The van der Waals surface area contributed by atoms with Crippen molar-refractivity contribution in [1.82, 2.24) is 4.90 Å². The maximum atomic E-state index is 11.6. The number of carbonyl (C=O) groups is 1. The number of nitrogens with zero attached hydrogens (tertiary/aromatic N) is 1. The van der Waals surface area contributed by atoms with Crippen molar-refractivity contribution in [2.75, 3.05) is 13.3 Å². The molecule has 2 aliphatic rings. The largest absolute Gasteiger partial charge is 0.454 e. The van der Waals surface area contributed by atoms with E-state index in [0.717, 1.165) is 17.1 Å². The summed E-state index contributed by atoms with van der Waals surface area (Å²) in [5, 5.41) is 9.37. The summed E-state index contributed by atoms with van der Waals surface area (Å²) in [5.74, 6) is 1.26. The van der Waals surface area contributed by atoms with Crippen LogP contribution in [0.4, 0.5) is 0 Å². The van der Waals surface area contributed by atoms with E-state index in [9.17, 15) is 9.90 Å². The van der Waals surface area contributed by atoms with E-state index in [2.05, 4.69) is 0 Å². The van der Waals surface area contributed by atoms with Crippen LogP contribution in [0.25, 0.3) is 0 Å². The lowest BCUT2D eigenvalue weighted by atomic mass is 10.2. The number of hydrogen-bond acceptors (Lipinski definition) is 4. The van der Waals surface area contributed by atoms with Crippen LogP contribution in [0, 0.1) is 0 Å². The molecule has 90 valence electrons. The minimum absolute atomic E-state index is 0.192. The molecule has 0 aromatic heterocycles. The fraction of sp³-hybridized carbons (Fsp3) is 0.417. The lowest BCUT2D eigenvalue weighted by molar-refractivity contribution is -0.134. The third kappa shape index (κ3) is 1.82. The van der Waals surface area contributed by atoms with Gasteiger partial charge in [-0.1, -0.05) is 6.07 Å². The molecule has 1 amide bonds. The van der Waals surface area contributed by atoms with E-state index in [1.807, 2.05) is 18.2 Å². The molecule has 1 fully saturated rings.